The Morgan fingerprint density at radius 2 is 0.461 bits per heavy atom. The summed E-state index contributed by atoms with van der Waals surface area (Å²) in [6, 6.07) is 0. The Labute approximate surface area is 701 Å². The number of unbranched alkanes of at least 4 members (excludes halogenated alkanes) is 37. The summed E-state index contributed by atoms with van der Waals surface area (Å²) >= 11 is 0. The van der Waals surface area contributed by atoms with Gasteiger partial charge >= 0.3 is 33.6 Å². The van der Waals surface area contributed by atoms with Gasteiger partial charge in [0.1, 0.15) is 25.4 Å². The Hall–Kier alpha value is -4.83. The molecule has 0 radical (unpaired) electrons. The molecule has 16 nitrogen and oxygen atoms in total. The molecule has 5 atom stereocenters. The van der Waals surface area contributed by atoms with E-state index < -0.39 is 91.5 Å². The molecule has 0 aromatic heterocycles. The maximum Gasteiger partial charge on any atom is 0.472 e. The van der Waals surface area contributed by atoms with Gasteiger partial charge in [-0.1, -0.05) is 365 Å². The molecular formula is C97H166O16P2. The first-order chi connectivity index (χ1) is 56.2. The predicted octanol–water partition coefficient (Wildman–Crippen LogP) is 28.1. The van der Waals surface area contributed by atoms with E-state index in [1.54, 1.807) is 0 Å². The number of aliphatic hydroxyl groups excluding tert-OH is 2. The van der Waals surface area contributed by atoms with E-state index in [9.17, 15) is 43.5 Å². The smallest absolute Gasteiger partial charge is 0.463 e. The summed E-state index contributed by atoms with van der Waals surface area (Å²) in [4.78, 5) is 58.9. The van der Waals surface area contributed by atoms with Crippen LogP contribution >= 0.6 is 15.6 Å². The van der Waals surface area contributed by atoms with E-state index in [0.29, 0.717) is 19.3 Å². The molecular weight excluding hydrogens is 1480 g/mol. The number of rotatable bonds is 86. The zero-order valence-electron chi connectivity index (χ0n) is 72.7. The van der Waals surface area contributed by atoms with Gasteiger partial charge in [0, 0.05) is 19.3 Å². The third kappa shape index (κ3) is 89.8. The fourth-order valence-corrected chi connectivity index (χ4v) is 13.9. The molecule has 660 valence electrons. The van der Waals surface area contributed by atoms with E-state index in [-0.39, 0.29) is 19.3 Å². The Morgan fingerprint density at radius 1 is 0.252 bits per heavy atom. The minimum Gasteiger partial charge on any atom is -0.463 e. The number of allylic oxidation sites excluding steroid dienone is 26. The van der Waals surface area contributed by atoms with Crippen molar-refractivity contribution in [2.45, 2.75) is 399 Å². The molecule has 18 heteroatoms. The third-order valence-corrected chi connectivity index (χ3v) is 21.1. The Bertz CT molecular complexity index is 2720. The zero-order chi connectivity index (χ0) is 83.6. The van der Waals surface area contributed by atoms with E-state index in [4.69, 9.17) is 32.3 Å². The molecule has 0 bridgehead atoms. The molecule has 0 fully saturated rings. The number of phosphoric acid groups is 2. The van der Waals surface area contributed by atoms with Crippen LogP contribution < -0.4 is 0 Å². The van der Waals surface area contributed by atoms with Gasteiger partial charge < -0.3 is 34.2 Å². The Kier molecular flexibility index (Phi) is 84.7. The molecule has 0 aliphatic heterocycles. The number of hydrogen-bond donors (Lipinski definition) is 4. The number of hydrogen-bond acceptors (Lipinski definition) is 14. The van der Waals surface area contributed by atoms with Gasteiger partial charge in [-0.05, 0) is 154 Å². The van der Waals surface area contributed by atoms with Crippen molar-refractivity contribution in [2.24, 2.45) is 0 Å². The van der Waals surface area contributed by atoms with Crippen LogP contribution in [-0.4, -0.2) is 95.9 Å². The number of carbonyl (C=O) groups is 3. The SMILES string of the molecule is CC/C=C\C/C=C\C/C=C\C/C=C\C/C=C\CCCCCCCCCCCCCCCCCCCCCC(=O)OCC(O)COP(=O)(O)OCC(O)COP(=O)(O)OCC(COC(=O)CCCCCCCCC/C=C\C/C=C\C/C=C\C/C=C\CCCCC)OC(=O)CCCCCCC/C=C\C/C=C\C/C=C\C/C=C\CCCCC. The summed E-state index contributed by atoms with van der Waals surface area (Å²) in [7, 11) is -9.82. The van der Waals surface area contributed by atoms with E-state index in [2.05, 4.69) is 179 Å². The lowest BCUT2D eigenvalue weighted by Gasteiger charge is -2.21. The number of phosphoric ester groups is 2. The van der Waals surface area contributed by atoms with Crippen LogP contribution in [0.25, 0.3) is 0 Å². The van der Waals surface area contributed by atoms with Crippen molar-refractivity contribution in [3.8, 4) is 0 Å². The highest BCUT2D eigenvalue weighted by molar-refractivity contribution is 7.47. The van der Waals surface area contributed by atoms with Crippen molar-refractivity contribution >= 4 is 33.6 Å². The van der Waals surface area contributed by atoms with Crippen molar-refractivity contribution < 1.29 is 75.8 Å². The summed E-state index contributed by atoms with van der Waals surface area (Å²) in [5.74, 6) is -1.60. The summed E-state index contributed by atoms with van der Waals surface area (Å²) in [6.07, 6.45) is 113. The molecule has 4 N–H and O–H groups in total. The molecule has 0 saturated carbocycles. The second-order valence-corrected chi connectivity index (χ2v) is 33.3. The summed E-state index contributed by atoms with van der Waals surface area (Å²) in [6.45, 7) is 2.52. The average Bonchev–Trinajstić information content (AvgIpc) is 0.901. The van der Waals surface area contributed by atoms with Crippen LogP contribution in [0.2, 0.25) is 0 Å². The minimum absolute atomic E-state index is 0.0774. The first-order valence-corrected chi connectivity index (χ1v) is 48.8. The lowest BCUT2D eigenvalue weighted by Crippen LogP contribution is -2.30. The number of ether oxygens (including phenoxy) is 3. The third-order valence-electron chi connectivity index (χ3n) is 19.2. The van der Waals surface area contributed by atoms with E-state index >= 15 is 0 Å². The minimum atomic E-state index is -4.95. The molecule has 115 heavy (non-hydrogen) atoms. The lowest BCUT2D eigenvalue weighted by molar-refractivity contribution is -0.161. The molecule has 0 aromatic carbocycles. The molecule has 0 saturated heterocycles. The topological polar surface area (TPSA) is 231 Å². The van der Waals surface area contributed by atoms with Crippen molar-refractivity contribution in [3.05, 3.63) is 158 Å². The van der Waals surface area contributed by atoms with Gasteiger partial charge in [-0.25, -0.2) is 9.13 Å². The molecule has 0 rings (SSSR count). The average molecular weight is 1650 g/mol. The largest absolute Gasteiger partial charge is 0.472 e. The Balaban J connectivity index is 4.53. The fourth-order valence-electron chi connectivity index (χ4n) is 12.3. The van der Waals surface area contributed by atoms with Gasteiger partial charge in [0.2, 0.25) is 0 Å². The molecule has 0 aromatic rings. The normalized spacial score (nSPS) is 14.5. The highest BCUT2D eigenvalue weighted by Gasteiger charge is 2.29. The highest BCUT2D eigenvalue weighted by atomic mass is 31.2. The maximum atomic E-state index is 13.0. The van der Waals surface area contributed by atoms with Crippen LogP contribution in [0.5, 0.6) is 0 Å². The quantitative estimate of drug-likeness (QED) is 0.0146. The number of carbonyl (C=O) groups excluding carboxylic acids is 3. The second kappa shape index (κ2) is 88.5. The van der Waals surface area contributed by atoms with Gasteiger partial charge in [-0.3, -0.25) is 32.5 Å². The molecule has 0 aliphatic rings. The van der Waals surface area contributed by atoms with Crippen LogP contribution in [0.1, 0.15) is 380 Å². The van der Waals surface area contributed by atoms with Crippen molar-refractivity contribution in [1.29, 1.82) is 0 Å². The van der Waals surface area contributed by atoms with Crippen LogP contribution in [0.3, 0.4) is 0 Å². The standard InChI is InChI=1S/C97H166O16P2/c1-4-7-10-13-16-19-22-25-28-31-34-37-39-40-41-42-43-44-45-46-47-48-49-50-52-55-56-59-62-65-68-71-74-77-80-83-95(100)107-86-92(98)87-109-114(103,104)110-88-93(99)89-111-115(105,106)112-91-94(113-97(102)85-82-79-76-73-70-67-64-61-58-53-36-33-30-27-24-21-18-15-12-9-6-3)90-108-96(101)84-81-78-75-72-69-66-63-60-57-54-51-38-35-32-29-26-23-20-17-14-11-8-5-2/h7,10,16-21,25-30,34-38,40-41,53-54,57,61,64,92-94,98-99H,4-6,8-9,11-15,22-24,31-33,39,42-52,55-56,58-60,62-63,65-91H2,1-3H3,(H,103,104)(H,105,106)/b10-7-,19-16-,20-17-,21-18-,28-25-,29-26-,30-27-,37-34-,38-35-,41-40-,53-36-,57-54-,64-61-. The maximum absolute atomic E-state index is 13.0. The zero-order valence-corrected chi connectivity index (χ0v) is 74.5. The van der Waals surface area contributed by atoms with Crippen LogP contribution in [0.4, 0.5) is 0 Å². The number of esters is 3. The predicted molar refractivity (Wildman–Crippen MR) is 482 cm³/mol. The van der Waals surface area contributed by atoms with E-state index in [1.807, 2.05) is 0 Å². The van der Waals surface area contributed by atoms with Gasteiger partial charge in [-0.15, -0.1) is 0 Å². The number of aliphatic hydroxyl groups is 2. The molecule has 0 heterocycles. The molecule has 0 spiro atoms. The monoisotopic (exact) mass is 1650 g/mol. The van der Waals surface area contributed by atoms with Crippen molar-refractivity contribution in [1.82, 2.24) is 0 Å². The Morgan fingerprint density at radius 3 is 0.730 bits per heavy atom. The lowest BCUT2D eigenvalue weighted by atomic mass is 10.0. The van der Waals surface area contributed by atoms with E-state index in [1.165, 1.54) is 148 Å². The second-order valence-electron chi connectivity index (χ2n) is 30.4. The van der Waals surface area contributed by atoms with E-state index in [0.717, 1.165) is 173 Å². The van der Waals surface area contributed by atoms with Gasteiger partial charge in [0.25, 0.3) is 0 Å². The highest BCUT2D eigenvalue weighted by Crippen LogP contribution is 2.45. The fraction of sp³-hybridized carbons (Fsp3) is 0.701. The van der Waals surface area contributed by atoms with Gasteiger partial charge in [0.05, 0.1) is 26.4 Å². The van der Waals surface area contributed by atoms with Crippen molar-refractivity contribution in [2.75, 3.05) is 39.6 Å². The van der Waals surface area contributed by atoms with Crippen LogP contribution in [0, 0.1) is 0 Å². The first-order valence-electron chi connectivity index (χ1n) is 45.8. The van der Waals surface area contributed by atoms with Crippen LogP contribution in [0.15, 0.2) is 158 Å². The van der Waals surface area contributed by atoms with Gasteiger partial charge in [0.15, 0.2) is 6.10 Å². The first kappa shape index (κ1) is 110. The molecule has 0 aliphatic carbocycles. The van der Waals surface area contributed by atoms with Gasteiger partial charge in [-0.2, -0.15) is 0 Å². The van der Waals surface area contributed by atoms with Crippen LogP contribution in [-0.2, 0) is 55.8 Å². The summed E-state index contributed by atoms with van der Waals surface area (Å²) in [5.41, 5.74) is 0. The summed E-state index contributed by atoms with van der Waals surface area (Å²) in [5, 5.41) is 20.7. The summed E-state index contributed by atoms with van der Waals surface area (Å²) < 4.78 is 61.4. The molecule has 0 amide bonds. The molecule has 5 unspecified atom stereocenters. The van der Waals surface area contributed by atoms with Crippen molar-refractivity contribution in [3.63, 3.8) is 0 Å².